The van der Waals surface area contributed by atoms with Crippen LogP contribution in [0.2, 0.25) is 0 Å². The Hall–Kier alpha value is -4.00. The third-order valence-corrected chi connectivity index (χ3v) is 5.21. The molecule has 0 bridgehead atoms. The quantitative estimate of drug-likeness (QED) is 0.479. The van der Waals surface area contributed by atoms with Gasteiger partial charge in [0.1, 0.15) is 23.9 Å². The zero-order chi connectivity index (χ0) is 20.5. The number of carbonyl (C=O) groups excluding carboxylic acids is 1. The van der Waals surface area contributed by atoms with Crippen molar-refractivity contribution in [2.75, 3.05) is 11.9 Å². The first kappa shape index (κ1) is 18.1. The average Bonchev–Trinajstić information content (AvgIpc) is 3.33. The molecule has 7 nitrogen and oxygen atoms in total. The number of fused-ring (bicyclic) bond motifs is 2. The van der Waals surface area contributed by atoms with E-state index < -0.39 is 0 Å². The number of ether oxygens (including phenoxy) is 1. The van der Waals surface area contributed by atoms with E-state index in [1.807, 2.05) is 47.0 Å². The molecule has 0 unspecified atom stereocenters. The Labute approximate surface area is 172 Å². The summed E-state index contributed by atoms with van der Waals surface area (Å²) in [6.45, 7) is 0.0297. The first-order valence-electron chi connectivity index (χ1n) is 9.69. The van der Waals surface area contributed by atoms with E-state index in [9.17, 15) is 4.79 Å². The summed E-state index contributed by atoms with van der Waals surface area (Å²) in [6.07, 6.45) is 7.74. The van der Waals surface area contributed by atoms with E-state index in [1.165, 1.54) is 5.56 Å². The molecular formula is C23H19N5O2. The van der Waals surface area contributed by atoms with Gasteiger partial charge in [-0.2, -0.15) is 0 Å². The predicted octanol–water partition coefficient (Wildman–Crippen LogP) is 4.03. The first-order valence-corrected chi connectivity index (χ1v) is 9.69. The van der Waals surface area contributed by atoms with Gasteiger partial charge in [-0.25, -0.2) is 4.98 Å². The van der Waals surface area contributed by atoms with Gasteiger partial charge in [0, 0.05) is 29.4 Å². The van der Waals surface area contributed by atoms with Gasteiger partial charge in [-0.05, 0) is 60.4 Å². The molecule has 5 rings (SSSR count). The monoisotopic (exact) mass is 397 g/mol. The lowest BCUT2D eigenvalue weighted by Gasteiger charge is -2.11. The van der Waals surface area contributed by atoms with Crippen molar-refractivity contribution >= 4 is 29.2 Å². The molecule has 30 heavy (non-hydrogen) atoms. The molecule has 0 atom stereocenters. The van der Waals surface area contributed by atoms with Crippen LogP contribution >= 0.6 is 0 Å². The van der Waals surface area contributed by atoms with Gasteiger partial charge in [-0.3, -0.25) is 14.2 Å². The zero-order valence-corrected chi connectivity index (χ0v) is 16.1. The molecule has 2 N–H and O–H groups in total. The maximum absolute atomic E-state index is 10.5. The largest absolute Gasteiger partial charge is 0.486 e. The van der Waals surface area contributed by atoms with Gasteiger partial charge in [-0.1, -0.05) is 6.07 Å². The summed E-state index contributed by atoms with van der Waals surface area (Å²) in [5, 5.41) is 11.6. The molecule has 148 valence electrons. The number of aromatic nitrogens is 3. The van der Waals surface area contributed by atoms with Crippen LogP contribution in [-0.2, 0) is 11.2 Å². The van der Waals surface area contributed by atoms with Gasteiger partial charge in [-0.15, -0.1) is 0 Å². The fourth-order valence-electron chi connectivity index (χ4n) is 3.77. The third-order valence-electron chi connectivity index (χ3n) is 5.21. The molecule has 2 heterocycles. The molecular weight excluding hydrogens is 378 g/mol. The van der Waals surface area contributed by atoms with Crippen molar-refractivity contribution in [3.63, 3.8) is 0 Å². The summed E-state index contributed by atoms with van der Waals surface area (Å²) < 4.78 is 7.31. The highest BCUT2D eigenvalue weighted by Crippen LogP contribution is 2.33. The highest BCUT2D eigenvalue weighted by atomic mass is 16.5. The van der Waals surface area contributed by atoms with E-state index in [1.54, 1.807) is 12.4 Å². The van der Waals surface area contributed by atoms with Gasteiger partial charge >= 0.3 is 0 Å². The fraction of sp³-hybridized carbons (Fsp3) is 0.130. The molecule has 2 aromatic heterocycles. The molecule has 0 spiro atoms. The van der Waals surface area contributed by atoms with Gasteiger partial charge in [0.15, 0.2) is 11.9 Å². The topological polar surface area (TPSA) is 92.4 Å². The number of hydrogen-bond donors (Lipinski definition) is 2. The average molecular weight is 397 g/mol. The number of carbonyl (C=O) groups is 1. The van der Waals surface area contributed by atoms with Crippen molar-refractivity contribution < 1.29 is 9.53 Å². The van der Waals surface area contributed by atoms with Crippen LogP contribution in [0.1, 0.15) is 17.5 Å². The Morgan fingerprint density at radius 1 is 1.17 bits per heavy atom. The van der Waals surface area contributed by atoms with E-state index in [4.69, 9.17) is 15.1 Å². The molecule has 0 saturated carbocycles. The standard InChI is InChI=1S/C23H19N5O2/c24-20-8-3-16-13-17(4-7-19(16)20)26-23-22(27-21-14-25-9-10-28(21)23)15-1-5-18(6-2-15)30-12-11-29/h1-2,4-7,9-11,13-14,24,26H,3,8,12H2. The van der Waals surface area contributed by atoms with Gasteiger partial charge in [0.05, 0.1) is 6.20 Å². The maximum atomic E-state index is 10.5. The second-order valence-electron chi connectivity index (χ2n) is 7.09. The number of benzene rings is 2. The predicted molar refractivity (Wildman–Crippen MR) is 115 cm³/mol. The number of rotatable bonds is 6. The molecule has 0 amide bonds. The number of aldehydes is 1. The van der Waals surface area contributed by atoms with Crippen LogP contribution in [0.15, 0.2) is 61.1 Å². The molecule has 0 saturated heterocycles. The van der Waals surface area contributed by atoms with Crippen LogP contribution in [0.3, 0.4) is 0 Å². The molecule has 1 aliphatic rings. The van der Waals surface area contributed by atoms with Crippen LogP contribution in [-0.4, -0.2) is 33.0 Å². The van der Waals surface area contributed by atoms with E-state index in [0.29, 0.717) is 11.5 Å². The summed E-state index contributed by atoms with van der Waals surface area (Å²) in [6, 6.07) is 13.6. The van der Waals surface area contributed by atoms with E-state index in [0.717, 1.165) is 53.1 Å². The van der Waals surface area contributed by atoms with Gasteiger partial charge in [0.2, 0.25) is 0 Å². The number of imidazole rings is 1. The van der Waals surface area contributed by atoms with Crippen LogP contribution in [0, 0.1) is 5.41 Å². The van der Waals surface area contributed by atoms with Crippen molar-refractivity contribution in [3.05, 3.63) is 72.2 Å². The summed E-state index contributed by atoms with van der Waals surface area (Å²) in [5.41, 5.74) is 6.33. The highest BCUT2D eigenvalue weighted by Gasteiger charge is 2.18. The molecule has 2 aromatic carbocycles. The summed E-state index contributed by atoms with van der Waals surface area (Å²) in [7, 11) is 0. The Balaban J connectivity index is 1.54. The maximum Gasteiger partial charge on any atom is 0.157 e. The Kier molecular flexibility index (Phi) is 4.48. The number of aryl methyl sites for hydroxylation is 1. The molecule has 0 aliphatic heterocycles. The molecule has 0 radical (unpaired) electrons. The molecule has 1 aliphatic carbocycles. The third kappa shape index (κ3) is 3.20. The molecule has 0 fully saturated rings. The lowest BCUT2D eigenvalue weighted by Crippen LogP contribution is -1.99. The van der Waals surface area contributed by atoms with E-state index >= 15 is 0 Å². The van der Waals surface area contributed by atoms with Crippen LogP contribution in [0.4, 0.5) is 11.5 Å². The minimum absolute atomic E-state index is 0.0297. The molecule has 7 heteroatoms. The second-order valence-corrected chi connectivity index (χ2v) is 7.09. The highest BCUT2D eigenvalue weighted by molar-refractivity contribution is 6.02. The summed E-state index contributed by atoms with van der Waals surface area (Å²) in [4.78, 5) is 19.5. The van der Waals surface area contributed by atoms with Crippen molar-refractivity contribution in [1.29, 1.82) is 5.41 Å². The van der Waals surface area contributed by atoms with Crippen molar-refractivity contribution in [1.82, 2.24) is 14.4 Å². The van der Waals surface area contributed by atoms with E-state index in [2.05, 4.69) is 16.4 Å². The lowest BCUT2D eigenvalue weighted by molar-refractivity contribution is -0.109. The minimum atomic E-state index is 0.0297. The van der Waals surface area contributed by atoms with Crippen molar-refractivity contribution in [2.45, 2.75) is 12.8 Å². The van der Waals surface area contributed by atoms with Crippen LogP contribution in [0.25, 0.3) is 16.9 Å². The Morgan fingerprint density at radius 2 is 2.03 bits per heavy atom. The summed E-state index contributed by atoms with van der Waals surface area (Å²) in [5.74, 6) is 1.47. The Bertz CT molecular complexity index is 1260. The lowest BCUT2D eigenvalue weighted by atomic mass is 10.1. The van der Waals surface area contributed by atoms with Crippen molar-refractivity contribution in [2.24, 2.45) is 0 Å². The van der Waals surface area contributed by atoms with Crippen LogP contribution < -0.4 is 10.1 Å². The molecule has 4 aromatic rings. The first-order chi connectivity index (χ1) is 14.7. The number of nitrogens with zero attached hydrogens (tertiary/aromatic N) is 3. The zero-order valence-electron chi connectivity index (χ0n) is 16.1. The normalized spacial score (nSPS) is 12.7. The van der Waals surface area contributed by atoms with Gasteiger partial charge in [0.25, 0.3) is 0 Å². The fourth-order valence-corrected chi connectivity index (χ4v) is 3.77. The number of hydrogen-bond acceptors (Lipinski definition) is 6. The summed E-state index contributed by atoms with van der Waals surface area (Å²) >= 11 is 0. The van der Waals surface area contributed by atoms with Crippen molar-refractivity contribution in [3.8, 4) is 17.0 Å². The smallest absolute Gasteiger partial charge is 0.157 e. The SMILES string of the molecule is N=C1CCc2cc(Nc3c(-c4ccc(OCC=O)cc4)nc4cnccn34)ccc21. The number of anilines is 2. The van der Waals surface area contributed by atoms with Gasteiger partial charge < -0.3 is 15.5 Å². The Morgan fingerprint density at radius 3 is 2.87 bits per heavy atom. The minimum Gasteiger partial charge on any atom is -0.486 e. The van der Waals surface area contributed by atoms with E-state index in [-0.39, 0.29) is 6.61 Å². The van der Waals surface area contributed by atoms with Crippen LogP contribution in [0.5, 0.6) is 5.75 Å². The second kappa shape index (κ2) is 7.44. The number of nitrogens with one attached hydrogen (secondary N) is 2.